The number of aromatic amines is 1. The van der Waals surface area contributed by atoms with Gasteiger partial charge in [0.05, 0.1) is 10.9 Å². The van der Waals surface area contributed by atoms with E-state index in [4.69, 9.17) is 0 Å². The van der Waals surface area contributed by atoms with Gasteiger partial charge >= 0.3 is 0 Å². The van der Waals surface area contributed by atoms with E-state index in [-0.39, 0.29) is 11.2 Å². The molecular formula is C14H13F2N3O2S. The van der Waals surface area contributed by atoms with Crippen LogP contribution in [0.5, 0.6) is 0 Å². The number of H-pyrrole nitrogens is 1. The van der Waals surface area contributed by atoms with E-state index < -0.39 is 22.8 Å². The van der Waals surface area contributed by atoms with Crippen LogP contribution in [0, 0.1) is 11.6 Å². The normalized spacial score (nSPS) is 12.0. The lowest BCUT2D eigenvalue weighted by Crippen LogP contribution is -2.25. The number of nitrogens with zero attached hydrogens (tertiary/aromatic N) is 1. The van der Waals surface area contributed by atoms with Gasteiger partial charge in [-0.3, -0.25) is 9.59 Å². The largest absolute Gasteiger partial charge is 0.323 e. The summed E-state index contributed by atoms with van der Waals surface area (Å²) in [6.45, 7) is 1.78. The lowest BCUT2D eigenvalue weighted by Gasteiger charge is -2.14. The maximum absolute atomic E-state index is 13.5. The van der Waals surface area contributed by atoms with Crippen molar-refractivity contribution in [1.29, 1.82) is 0 Å². The van der Waals surface area contributed by atoms with Gasteiger partial charge in [-0.1, -0.05) is 18.7 Å². The van der Waals surface area contributed by atoms with Crippen molar-refractivity contribution in [3.05, 3.63) is 52.5 Å². The Labute approximate surface area is 129 Å². The number of hydrogen-bond acceptors (Lipinski definition) is 4. The maximum atomic E-state index is 13.5. The molecule has 0 fully saturated rings. The number of carbonyl (C=O) groups excluding carboxylic acids is 1. The summed E-state index contributed by atoms with van der Waals surface area (Å²) in [5.74, 6) is -2.02. The van der Waals surface area contributed by atoms with Crippen molar-refractivity contribution in [3.8, 4) is 0 Å². The van der Waals surface area contributed by atoms with E-state index in [2.05, 4.69) is 15.3 Å². The smallest absolute Gasteiger partial charge is 0.251 e. The van der Waals surface area contributed by atoms with Crippen molar-refractivity contribution in [2.45, 2.75) is 23.8 Å². The van der Waals surface area contributed by atoms with Crippen LogP contribution in [0.4, 0.5) is 14.5 Å². The monoisotopic (exact) mass is 325 g/mol. The van der Waals surface area contributed by atoms with Crippen molar-refractivity contribution >= 4 is 23.4 Å². The third kappa shape index (κ3) is 4.14. The van der Waals surface area contributed by atoms with Crippen molar-refractivity contribution < 1.29 is 13.6 Å². The Bertz CT molecular complexity index is 736. The minimum absolute atomic E-state index is 0.0973. The summed E-state index contributed by atoms with van der Waals surface area (Å²) in [6, 6.07) is 4.17. The molecule has 0 aliphatic rings. The van der Waals surface area contributed by atoms with E-state index in [1.54, 1.807) is 6.92 Å². The number of rotatable bonds is 5. The molecule has 0 aliphatic carbocycles. The Morgan fingerprint density at radius 1 is 1.41 bits per heavy atom. The minimum Gasteiger partial charge on any atom is -0.323 e. The summed E-state index contributed by atoms with van der Waals surface area (Å²) in [7, 11) is 0. The quantitative estimate of drug-likeness (QED) is 0.654. The molecule has 0 saturated heterocycles. The van der Waals surface area contributed by atoms with Gasteiger partial charge in [0, 0.05) is 18.3 Å². The summed E-state index contributed by atoms with van der Waals surface area (Å²) in [4.78, 5) is 29.8. The highest BCUT2D eigenvalue weighted by molar-refractivity contribution is 8.00. The average molecular weight is 325 g/mol. The summed E-state index contributed by atoms with van der Waals surface area (Å²) >= 11 is 1.06. The number of hydrogen-bond donors (Lipinski definition) is 2. The fourth-order valence-electron chi connectivity index (χ4n) is 1.67. The predicted octanol–water partition coefficient (Wildman–Crippen LogP) is 2.56. The molecule has 116 valence electrons. The molecule has 0 spiro atoms. The van der Waals surface area contributed by atoms with Gasteiger partial charge in [-0.2, -0.15) is 0 Å². The summed E-state index contributed by atoms with van der Waals surface area (Å²) in [5.41, 5.74) is -0.419. The van der Waals surface area contributed by atoms with Crippen LogP contribution in [0.3, 0.4) is 0 Å². The van der Waals surface area contributed by atoms with Crippen LogP contribution < -0.4 is 10.9 Å². The number of halogens is 2. The molecule has 2 N–H and O–H groups in total. The fraction of sp³-hybridized carbons (Fsp3) is 0.214. The highest BCUT2D eigenvalue weighted by Crippen LogP contribution is 2.23. The van der Waals surface area contributed by atoms with Crippen LogP contribution in [0.1, 0.15) is 13.3 Å². The Morgan fingerprint density at radius 2 is 2.18 bits per heavy atom. The lowest BCUT2D eigenvalue weighted by molar-refractivity contribution is -0.115. The molecule has 0 aliphatic heterocycles. The molecule has 0 radical (unpaired) electrons. The molecular weight excluding hydrogens is 312 g/mol. The van der Waals surface area contributed by atoms with E-state index in [0.29, 0.717) is 17.6 Å². The van der Waals surface area contributed by atoms with E-state index in [1.807, 2.05) is 0 Å². The van der Waals surface area contributed by atoms with E-state index in [9.17, 15) is 18.4 Å². The third-order valence-electron chi connectivity index (χ3n) is 2.75. The number of benzene rings is 1. The molecule has 22 heavy (non-hydrogen) atoms. The zero-order chi connectivity index (χ0) is 16.1. The Hall–Kier alpha value is -2.22. The SMILES string of the molecule is CCC(Sc1nccc(=O)[nH]1)C(=O)Nc1ccc(F)cc1F. The second-order valence-electron chi connectivity index (χ2n) is 4.37. The first-order valence-corrected chi connectivity index (χ1v) is 7.35. The molecule has 1 unspecified atom stereocenters. The topological polar surface area (TPSA) is 74.8 Å². The molecule has 1 aromatic carbocycles. The molecule has 0 bridgehead atoms. The molecule has 1 amide bonds. The number of amides is 1. The third-order valence-corrected chi connectivity index (χ3v) is 4.02. The van der Waals surface area contributed by atoms with Crippen molar-refractivity contribution in [3.63, 3.8) is 0 Å². The Kier molecular flexibility index (Phi) is 5.26. The molecule has 1 atom stereocenters. The van der Waals surface area contributed by atoms with Crippen LogP contribution in [-0.4, -0.2) is 21.1 Å². The average Bonchev–Trinajstić information content (AvgIpc) is 2.47. The lowest BCUT2D eigenvalue weighted by atomic mass is 10.2. The van der Waals surface area contributed by atoms with Gasteiger partial charge in [0.15, 0.2) is 5.16 Å². The van der Waals surface area contributed by atoms with E-state index in [1.165, 1.54) is 12.3 Å². The van der Waals surface area contributed by atoms with Crippen LogP contribution in [-0.2, 0) is 4.79 Å². The van der Waals surface area contributed by atoms with Crippen LogP contribution >= 0.6 is 11.8 Å². The number of carbonyl (C=O) groups is 1. The number of anilines is 1. The predicted molar refractivity (Wildman–Crippen MR) is 79.8 cm³/mol. The molecule has 1 aromatic heterocycles. The van der Waals surface area contributed by atoms with Gasteiger partial charge in [-0.05, 0) is 18.6 Å². The van der Waals surface area contributed by atoms with Gasteiger partial charge in [0.1, 0.15) is 11.6 Å². The zero-order valence-electron chi connectivity index (χ0n) is 11.6. The van der Waals surface area contributed by atoms with E-state index in [0.717, 1.165) is 23.9 Å². The molecule has 2 rings (SSSR count). The molecule has 1 heterocycles. The first-order chi connectivity index (χ1) is 10.5. The summed E-state index contributed by atoms with van der Waals surface area (Å²) in [6.07, 6.45) is 1.78. The summed E-state index contributed by atoms with van der Waals surface area (Å²) < 4.78 is 26.4. The van der Waals surface area contributed by atoms with Crippen molar-refractivity contribution in [2.24, 2.45) is 0 Å². The second kappa shape index (κ2) is 7.17. The second-order valence-corrected chi connectivity index (χ2v) is 5.56. The van der Waals surface area contributed by atoms with Crippen molar-refractivity contribution in [2.75, 3.05) is 5.32 Å². The number of nitrogens with one attached hydrogen (secondary N) is 2. The van der Waals surface area contributed by atoms with Gasteiger partial charge in [0.25, 0.3) is 5.56 Å². The van der Waals surface area contributed by atoms with Crippen molar-refractivity contribution in [1.82, 2.24) is 9.97 Å². The maximum Gasteiger partial charge on any atom is 0.251 e. The van der Waals surface area contributed by atoms with Crippen LogP contribution in [0.25, 0.3) is 0 Å². The molecule has 5 nitrogen and oxygen atoms in total. The van der Waals surface area contributed by atoms with Gasteiger partial charge < -0.3 is 10.3 Å². The Balaban J connectivity index is 2.10. The van der Waals surface area contributed by atoms with Gasteiger partial charge in [-0.25, -0.2) is 13.8 Å². The summed E-state index contributed by atoms with van der Waals surface area (Å²) in [5, 5.41) is 2.13. The fourth-order valence-corrected chi connectivity index (χ4v) is 2.56. The molecule has 8 heteroatoms. The standard InChI is InChI=1S/C14H13F2N3O2S/c1-2-11(22-14-17-6-5-12(20)19-14)13(21)18-10-4-3-8(15)7-9(10)16/h3-7,11H,2H2,1H3,(H,18,21)(H,17,19,20). The number of thioether (sulfide) groups is 1. The first kappa shape index (κ1) is 16.2. The van der Waals surface area contributed by atoms with E-state index >= 15 is 0 Å². The van der Waals surface area contributed by atoms with Gasteiger partial charge in [0.2, 0.25) is 5.91 Å². The van der Waals surface area contributed by atoms with Gasteiger partial charge in [-0.15, -0.1) is 0 Å². The Morgan fingerprint density at radius 3 is 2.82 bits per heavy atom. The highest BCUT2D eigenvalue weighted by Gasteiger charge is 2.20. The molecule has 0 saturated carbocycles. The van der Waals surface area contributed by atoms with Crippen LogP contribution in [0.2, 0.25) is 0 Å². The van der Waals surface area contributed by atoms with Crippen LogP contribution in [0.15, 0.2) is 40.4 Å². The first-order valence-electron chi connectivity index (χ1n) is 6.47. The molecule has 2 aromatic rings. The zero-order valence-corrected chi connectivity index (χ0v) is 12.4. The number of aromatic nitrogens is 2. The minimum atomic E-state index is -0.848. The highest BCUT2D eigenvalue weighted by atomic mass is 32.2.